The number of hydrogen-bond donors (Lipinski definition) is 2. The van der Waals surface area contributed by atoms with Crippen molar-refractivity contribution in [2.45, 2.75) is 54.5 Å². The molecule has 3 rings (SSSR count). The first kappa shape index (κ1) is 15.4. The maximum absolute atomic E-state index is 12.3. The highest BCUT2D eigenvalue weighted by Gasteiger charge is 2.37. The molecule has 0 spiro atoms. The largest absolute Gasteiger partial charge is 0.447 e. The Labute approximate surface area is 130 Å². The van der Waals surface area contributed by atoms with E-state index in [1.807, 2.05) is 6.26 Å². The molecule has 1 aromatic rings. The molecule has 0 bridgehead atoms. The first-order valence-electron chi connectivity index (χ1n) is 7.40. The van der Waals surface area contributed by atoms with Gasteiger partial charge in [0.05, 0.1) is 6.54 Å². The number of hydrogen-bond acceptors (Lipinski definition) is 5. The summed E-state index contributed by atoms with van der Waals surface area (Å²) >= 11 is 1.75. The van der Waals surface area contributed by atoms with Crippen LogP contribution in [0.4, 0.5) is 0 Å². The van der Waals surface area contributed by atoms with Crippen LogP contribution in [0.15, 0.2) is 21.6 Å². The first-order chi connectivity index (χ1) is 10.0. The van der Waals surface area contributed by atoms with Crippen LogP contribution in [0.1, 0.15) is 37.9 Å². The summed E-state index contributed by atoms with van der Waals surface area (Å²) in [6.07, 6.45) is 7.77. The van der Waals surface area contributed by atoms with E-state index in [0.717, 1.165) is 12.8 Å². The minimum absolute atomic E-state index is 0.0191. The fourth-order valence-corrected chi connectivity index (χ4v) is 4.53. The average molecular weight is 330 g/mol. The number of sulfonamides is 1. The van der Waals surface area contributed by atoms with Gasteiger partial charge in [-0.3, -0.25) is 0 Å². The zero-order chi connectivity index (χ0) is 14.9. The molecule has 21 heavy (non-hydrogen) atoms. The molecule has 2 fully saturated rings. The second-order valence-electron chi connectivity index (χ2n) is 5.94. The van der Waals surface area contributed by atoms with E-state index in [1.165, 1.54) is 19.3 Å². The third kappa shape index (κ3) is 3.64. The molecule has 0 atom stereocenters. The second-order valence-corrected chi connectivity index (χ2v) is 8.91. The molecule has 0 saturated heterocycles. The lowest BCUT2D eigenvalue weighted by molar-refractivity contribution is 0.357. The van der Waals surface area contributed by atoms with Crippen LogP contribution in [0.25, 0.3) is 0 Å². The van der Waals surface area contributed by atoms with E-state index < -0.39 is 10.0 Å². The Morgan fingerprint density at radius 2 is 2.14 bits per heavy atom. The summed E-state index contributed by atoms with van der Waals surface area (Å²) in [7, 11) is -3.54. The molecule has 7 heteroatoms. The van der Waals surface area contributed by atoms with Crippen molar-refractivity contribution < 1.29 is 12.8 Å². The van der Waals surface area contributed by atoms with E-state index in [-0.39, 0.29) is 9.84 Å². The third-order valence-electron chi connectivity index (χ3n) is 4.33. The molecule has 0 radical (unpaired) electrons. The standard InChI is InChI=1S/C14H22N2O3S2/c1-20-14(7-2-8-14)10-16-21(17,18)13-6-5-12(19-13)9-15-11-3-4-11/h5-6,11,15-16H,2-4,7-10H2,1H3. The van der Waals surface area contributed by atoms with Gasteiger partial charge in [0.15, 0.2) is 0 Å². The van der Waals surface area contributed by atoms with E-state index in [9.17, 15) is 8.42 Å². The molecule has 118 valence electrons. The number of furan rings is 1. The highest BCUT2D eigenvalue weighted by Crippen LogP contribution is 2.42. The lowest BCUT2D eigenvalue weighted by Crippen LogP contribution is -2.45. The Hall–Kier alpha value is -0.500. The van der Waals surface area contributed by atoms with Crippen LogP contribution in [-0.2, 0) is 16.6 Å². The molecule has 2 saturated carbocycles. The normalized spacial score (nSPS) is 21.2. The Kier molecular flexibility index (Phi) is 4.36. The predicted molar refractivity (Wildman–Crippen MR) is 83.9 cm³/mol. The van der Waals surface area contributed by atoms with E-state index in [4.69, 9.17) is 4.42 Å². The molecule has 2 aliphatic carbocycles. The summed E-state index contributed by atoms with van der Waals surface area (Å²) in [5.74, 6) is 0.672. The van der Waals surface area contributed by atoms with Crippen molar-refractivity contribution in [3.8, 4) is 0 Å². The Morgan fingerprint density at radius 3 is 2.71 bits per heavy atom. The van der Waals surface area contributed by atoms with Gasteiger partial charge < -0.3 is 9.73 Å². The van der Waals surface area contributed by atoms with Crippen molar-refractivity contribution in [1.82, 2.24) is 10.0 Å². The summed E-state index contributed by atoms with van der Waals surface area (Å²) in [5.41, 5.74) is 0. The van der Waals surface area contributed by atoms with Gasteiger partial charge in [0.25, 0.3) is 10.0 Å². The van der Waals surface area contributed by atoms with E-state index in [2.05, 4.69) is 10.0 Å². The molecular formula is C14H22N2O3S2. The Balaban J connectivity index is 1.58. The molecule has 0 unspecified atom stereocenters. The van der Waals surface area contributed by atoms with Gasteiger partial charge in [-0.05, 0) is 44.1 Å². The summed E-state index contributed by atoms with van der Waals surface area (Å²) in [4.78, 5) is 0. The fraction of sp³-hybridized carbons (Fsp3) is 0.714. The minimum Gasteiger partial charge on any atom is -0.447 e. The van der Waals surface area contributed by atoms with Gasteiger partial charge in [-0.15, -0.1) is 0 Å². The van der Waals surface area contributed by atoms with E-state index >= 15 is 0 Å². The topological polar surface area (TPSA) is 71.3 Å². The van der Waals surface area contributed by atoms with Crippen molar-refractivity contribution in [2.24, 2.45) is 0 Å². The summed E-state index contributed by atoms with van der Waals surface area (Å²) in [6, 6.07) is 3.85. The molecule has 1 heterocycles. The maximum atomic E-state index is 12.3. The molecular weight excluding hydrogens is 308 g/mol. The predicted octanol–water partition coefficient (Wildman–Crippen LogP) is 2.10. The van der Waals surface area contributed by atoms with Gasteiger partial charge >= 0.3 is 0 Å². The van der Waals surface area contributed by atoms with Crippen molar-refractivity contribution in [2.75, 3.05) is 12.8 Å². The lowest BCUT2D eigenvalue weighted by atomic mass is 9.84. The highest BCUT2D eigenvalue weighted by atomic mass is 32.2. The smallest absolute Gasteiger partial charge is 0.274 e. The molecule has 5 nitrogen and oxygen atoms in total. The van der Waals surface area contributed by atoms with Crippen LogP contribution < -0.4 is 10.0 Å². The SMILES string of the molecule is CSC1(CNS(=O)(=O)c2ccc(CNC3CC3)o2)CCC1. The Morgan fingerprint density at radius 1 is 1.38 bits per heavy atom. The monoisotopic (exact) mass is 330 g/mol. The third-order valence-corrected chi connectivity index (χ3v) is 7.02. The van der Waals surface area contributed by atoms with Crippen molar-refractivity contribution in [3.63, 3.8) is 0 Å². The molecule has 0 amide bonds. The van der Waals surface area contributed by atoms with Crippen molar-refractivity contribution >= 4 is 21.8 Å². The zero-order valence-electron chi connectivity index (χ0n) is 12.2. The lowest BCUT2D eigenvalue weighted by Gasteiger charge is -2.40. The van der Waals surface area contributed by atoms with Gasteiger partial charge in [0.2, 0.25) is 5.09 Å². The highest BCUT2D eigenvalue weighted by molar-refractivity contribution is 8.00. The van der Waals surface area contributed by atoms with Crippen LogP contribution in [0.2, 0.25) is 0 Å². The first-order valence-corrected chi connectivity index (χ1v) is 10.1. The molecule has 0 aromatic carbocycles. The molecule has 1 aromatic heterocycles. The van der Waals surface area contributed by atoms with Crippen LogP contribution in [0, 0.1) is 0 Å². The average Bonchev–Trinajstić information content (AvgIpc) is 3.12. The summed E-state index contributed by atoms with van der Waals surface area (Å²) < 4.78 is 32.8. The fourth-order valence-electron chi connectivity index (χ4n) is 2.45. The van der Waals surface area contributed by atoms with Crippen LogP contribution in [0.3, 0.4) is 0 Å². The van der Waals surface area contributed by atoms with Crippen molar-refractivity contribution in [3.05, 3.63) is 17.9 Å². The minimum atomic E-state index is -3.54. The zero-order valence-corrected chi connectivity index (χ0v) is 13.9. The second kappa shape index (κ2) is 5.95. The molecule has 2 N–H and O–H groups in total. The molecule has 2 aliphatic rings. The van der Waals surface area contributed by atoms with Crippen LogP contribution in [0.5, 0.6) is 0 Å². The number of thioether (sulfide) groups is 1. The van der Waals surface area contributed by atoms with Gasteiger partial charge in [-0.25, -0.2) is 13.1 Å². The van der Waals surface area contributed by atoms with Gasteiger partial charge in [-0.1, -0.05) is 6.42 Å². The Bertz CT molecular complexity index is 584. The number of rotatable bonds is 8. The van der Waals surface area contributed by atoms with E-state index in [1.54, 1.807) is 23.9 Å². The van der Waals surface area contributed by atoms with Gasteiger partial charge in [-0.2, -0.15) is 11.8 Å². The van der Waals surface area contributed by atoms with Crippen molar-refractivity contribution in [1.29, 1.82) is 0 Å². The summed E-state index contributed by atoms with van der Waals surface area (Å²) in [6.45, 7) is 1.07. The summed E-state index contributed by atoms with van der Waals surface area (Å²) in [5, 5.41) is 3.33. The van der Waals surface area contributed by atoms with Gasteiger partial charge in [0, 0.05) is 17.3 Å². The van der Waals surface area contributed by atoms with Crippen LogP contribution >= 0.6 is 11.8 Å². The quantitative estimate of drug-likeness (QED) is 0.764. The number of nitrogens with one attached hydrogen (secondary N) is 2. The van der Waals surface area contributed by atoms with Crippen LogP contribution in [-0.4, -0.2) is 32.0 Å². The van der Waals surface area contributed by atoms with Gasteiger partial charge in [0.1, 0.15) is 5.76 Å². The van der Waals surface area contributed by atoms with E-state index in [0.29, 0.717) is 24.9 Å². The molecule has 0 aliphatic heterocycles. The maximum Gasteiger partial charge on any atom is 0.274 e.